The Kier molecular flexibility index (Phi) is 3.83. The maximum Gasteiger partial charge on any atom is 0.242 e. The van der Waals surface area contributed by atoms with Crippen molar-refractivity contribution >= 4 is 11.6 Å². The molecule has 4 nitrogen and oxygen atoms in total. The molecule has 136 valence electrons. The molecular formula is C24H18N2O2. The van der Waals surface area contributed by atoms with Gasteiger partial charge in [0.15, 0.2) is 0 Å². The van der Waals surface area contributed by atoms with E-state index in [9.17, 15) is 4.79 Å². The molecule has 1 aliphatic heterocycles. The van der Waals surface area contributed by atoms with Crippen molar-refractivity contribution in [2.75, 3.05) is 11.9 Å². The lowest BCUT2D eigenvalue weighted by Crippen LogP contribution is -2.24. The molecule has 0 saturated carbocycles. The maximum absolute atomic E-state index is 13.1. The number of fused-ring (bicyclic) bond motifs is 1. The molecule has 1 aliphatic rings. The highest BCUT2D eigenvalue weighted by Gasteiger charge is 2.40. The van der Waals surface area contributed by atoms with Crippen LogP contribution in [0, 0.1) is 0 Å². The Hall–Kier alpha value is -3.66. The van der Waals surface area contributed by atoms with Crippen LogP contribution in [0.3, 0.4) is 0 Å². The summed E-state index contributed by atoms with van der Waals surface area (Å²) >= 11 is 0. The molecule has 1 aromatic heterocycles. The molecule has 0 aliphatic carbocycles. The lowest BCUT2D eigenvalue weighted by Gasteiger charge is -2.10. The van der Waals surface area contributed by atoms with Crippen molar-refractivity contribution in [1.82, 2.24) is 4.98 Å². The first-order valence-corrected chi connectivity index (χ1v) is 9.22. The minimum absolute atomic E-state index is 0.00542. The van der Waals surface area contributed by atoms with E-state index in [1.165, 1.54) is 0 Å². The summed E-state index contributed by atoms with van der Waals surface area (Å²) in [6.45, 7) is 0. The van der Waals surface area contributed by atoms with Gasteiger partial charge in [0.2, 0.25) is 11.8 Å². The fraction of sp³-hybridized carbons (Fsp3) is 0.0833. The number of oxazole rings is 1. The van der Waals surface area contributed by atoms with Gasteiger partial charge in [-0.1, -0.05) is 66.7 Å². The van der Waals surface area contributed by atoms with E-state index in [2.05, 4.69) is 0 Å². The van der Waals surface area contributed by atoms with Crippen molar-refractivity contribution < 1.29 is 9.21 Å². The average Bonchev–Trinajstić information content (AvgIpc) is 3.29. The van der Waals surface area contributed by atoms with Gasteiger partial charge < -0.3 is 9.32 Å². The van der Waals surface area contributed by atoms with Crippen LogP contribution in [-0.4, -0.2) is 17.9 Å². The van der Waals surface area contributed by atoms with E-state index in [4.69, 9.17) is 9.40 Å². The molecule has 5 rings (SSSR count). The third-order valence-corrected chi connectivity index (χ3v) is 5.17. The Morgan fingerprint density at radius 3 is 2.14 bits per heavy atom. The molecule has 1 unspecified atom stereocenters. The van der Waals surface area contributed by atoms with Gasteiger partial charge in [-0.25, -0.2) is 4.98 Å². The average molecular weight is 366 g/mol. The number of carbonyl (C=O) groups is 1. The first kappa shape index (κ1) is 16.5. The Balaban J connectivity index is 1.73. The van der Waals surface area contributed by atoms with Crippen LogP contribution in [0.2, 0.25) is 0 Å². The zero-order chi connectivity index (χ0) is 19.1. The van der Waals surface area contributed by atoms with Crippen LogP contribution in [0.15, 0.2) is 89.3 Å². The van der Waals surface area contributed by atoms with Crippen LogP contribution in [0.25, 0.3) is 22.7 Å². The molecule has 0 saturated heterocycles. The minimum Gasteiger partial charge on any atom is -0.439 e. The fourth-order valence-electron chi connectivity index (χ4n) is 3.77. The van der Waals surface area contributed by atoms with Crippen molar-refractivity contribution in [3.63, 3.8) is 0 Å². The number of amides is 1. The third-order valence-electron chi connectivity index (χ3n) is 5.17. The van der Waals surface area contributed by atoms with E-state index in [-0.39, 0.29) is 5.91 Å². The summed E-state index contributed by atoms with van der Waals surface area (Å²) in [6, 6.07) is 27.5. The molecule has 2 heterocycles. The van der Waals surface area contributed by atoms with Crippen molar-refractivity contribution in [2.24, 2.45) is 0 Å². The molecular weight excluding hydrogens is 348 g/mol. The number of benzene rings is 3. The second kappa shape index (κ2) is 6.50. The van der Waals surface area contributed by atoms with Gasteiger partial charge in [-0.2, -0.15) is 0 Å². The number of nitrogens with zero attached hydrogens (tertiary/aromatic N) is 2. The van der Waals surface area contributed by atoms with Crippen molar-refractivity contribution in [3.8, 4) is 22.7 Å². The van der Waals surface area contributed by atoms with Gasteiger partial charge in [0.05, 0.1) is 0 Å². The lowest BCUT2D eigenvalue weighted by atomic mass is 9.95. The van der Waals surface area contributed by atoms with Crippen LogP contribution in [0.5, 0.6) is 0 Å². The molecule has 0 bridgehead atoms. The second-order valence-corrected chi connectivity index (χ2v) is 6.85. The number of carbonyl (C=O) groups excluding carboxylic acids is 1. The van der Waals surface area contributed by atoms with E-state index in [0.29, 0.717) is 17.3 Å². The van der Waals surface area contributed by atoms with E-state index in [1.54, 1.807) is 11.9 Å². The Morgan fingerprint density at radius 2 is 1.43 bits per heavy atom. The molecule has 1 atom stereocenters. The second-order valence-electron chi connectivity index (χ2n) is 6.85. The lowest BCUT2D eigenvalue weighted by molar-refractivity contribution is -0.118. The largest absolute Gasteiger partial charge is 0.439 e. The predicted octanol–water partition coefficient (Wildman–Crippen LogP) is 5.12. The number of rotatable bonds is 3. The van der Waals surface area contributed by atoms with Crippen LogP contribution >= 0.6 is 0 Å². The summed E-state index contributed by atoms with van der Waals surface area (Å²) in [7, 11) is 1.80. The van der Waals surface area contributed by atoms with Crippen LogP contribution in [0.1, 0.15) is 17.2 Å². The molecule has 3 aromatic carbocycles. The number of hydrogen-bond acceptors (Lipinski definition) is 3. The molecule has 4 heteroatoms. The maximum atomic E-state index is 13.1. The minimum atomic E-state index is -0.499. The summed E-state index contributed by atoms with van der Waals surface area (Å²) in [5, 5.41) is 0. The fourth-order valence-corrected chi connectivity index (χ4v) is 3.77. The normalized spacial score (nSPS) is 15.7. The van der Waals surface area contributed by atoms with Gasteiger partial charge in [0.1, 0.15) is 17.4 Å². The smallest absolute Gasteiger partial charge is 0.242 e. The quantitative estimate of drug-likeness (QED) is 0.506. The zero-order valence-corrected chi connectivity index (χ0v) is 15.4. The number of aromatic nitrogens is 1. The highest BCUT2D eigenvalue weighted by molar-refractivity contribution is 6.07. The molecule has 0 radical (unpaired) electrons. The van der Waals surface area contributed by atoms with Gasteiger partial charge in [0, 0.05) is 23.9 Å². The van der Waals surface area contributed by atoms with Gasteiger partial charge in [-0.15, -0.1) is 0 Å². The van der Waals surface area contributed by atoms with Gasteiger partial charge in [0.25, 0.3) is 0 Å². The summed E-state index contributed by atoms with van der Waals surface area (Å²) in [4.78, 5) is 19.6. The number of para-hydroxylation sites is 1. The Labute approximate surface area is 163 Å². The summed E-state index contributed by atoms with van der Waals surface area (Å²) < 4.78 is 6.26. The first-order valence-electron chi connectivity index (χ1n) is 9.22. The molecule has 4 aromatic rings. The van der Waals surface area contributed by atoms with Gasteiger partial charge in [-0.05, 0) is 23.8 Å². The van der Waals surface area contributed by atoms with Crippen LogP contribution in [0.4, 0.5) is 5.69 Å². The predicted molar refractivity (Wildman–Crippen MR) is 109 cm³/mol. The SMILES string of the molecule is CN1C(=O)C(c2oc(-c3ccccc3)nc2-c2ccccc2)c2ccccc21. The summed E-state index contributed by atoms with van der Waals surface area (Å²) in [6.07, 6.45) is 0. The number of anilines is 1. The molecule has 28 heavy (non-hydrogen) atoms. The number of likely N-dealkylation sites (N-methyl/N-ethyl adjacent to an activating group) is 1. The van der Waals surface area contributed by atoms with E-state index >= 15 is 0 Å². The van der Waals surface area contributed by atoms with Crippen molar-refractivity contribution in [3.05, 3.63) is 96.3 Å². The summed E-state index contributed by atoms with van der Waals surface area (Å²) in [5.74, 6) is 0.608. The van der Waals surface area contributed by atoms with Crippen molar-refractivity contribution in [1.29, 1.82) is 0 Å². The standard InChI is InChI=1S/C24H18N2O2/c1-26-19-15-9-8-14-18(19)20(24(26)27)22-21(16-10-4-2-5-11-16)25-23(28-22)17-12-6-3-7-13-17/h2-15,20H,1H3. The zero-order valence-electron chi connectivity index (χ0n) is 15.4. The van der Waals surface area contributed by atoms with E-state index in [0.717, 1.165) is 22.4 Å². The van der Waals surface area contributed by atoms with Gasteiger partial charge in [-0.3, -0.25) is 4.79 Å². The molecule has 0 N–H and O–H groups in total. The first-order chi connectivity index (χ1) is 13.7. The molecule has 0 fully saturated rings. The molecule has 0 spiro atoms. The topological polar surface area (TPSA) is 46.3 Å². The van der Waals surface area contributed by atoms with Gasteiger partial charge >= 0.3 is 0 Å². The molecule has 1 amide bonds. The van der Waals surface area contributed by atoms with E-state index in [1.807, 2.05) is 84.9 Å². The Morgan fingerprint density at radius 1 is 0.821 bits per heavy atom. The summed E-state index contributed by atoms with van der Waals surface area (Å²) in [5.41, 5.74) is 4.39. The third kappa shape index (κ3) is 2.54. The van der Waals surface area contributed by atoms with Crippen LogP contribution in [-0.2, 0) is 4.79 Å². The van der Waals surface area contributed by atoms with Crippen molar-refractivity contribution in [2.45, 2.75) is 5.92 Å². The van der Waals surface area contributed by atoms with E-state index < -0.39 is 5.92 Å². The Bertz CT molecular complexity index is 1150. The highest BCUT2D eigenvalue weighted by atomic mass is 16.4. The van der Waals surface area contributed by atoms with Crippen LogP contribution < -0.4 is 4.90 Å². The monoisotopic (exact) mass is 366 g/mol. The highest BCUT2D eigenvalue weighted by Crippen LogP contribution is 2.44. The number of hydrogen-bond donors (Lipinski definition) is 0.